The monoisotopic (exact) mass is 439 g/mol. The van der Waals surface area contributed by atoms with Gasteiger partial charge < -0.3 is 5.11 Å². The number of nitrogens with zero attached hydrogens (tertiary/aromatic N) is 5. The fraction of sp³-hybridized carbons (Fsp3) is 0.182. The zero-order chi connectivity index (χ0) is 22.1. The van der Waals surface area contributed by atoms with Crippen LogP contribution in [0.25, 0.3) is 16.8 Å². The molecule has 9 heteroatoms. The Kier molecular flexibility index (Phi) is 5.56. The van der Waals surface area contributed by atoms with Crippen molar-refractivity contribution in [2.24, 2.45) is 7.05 Å². The van der Waals surface area contributed by atoms with Gasteiger partial charge in [0.1, 0.15) is 24.2 Å². The third-order valence-corrected chi connectivity index (χ3v) is 5.48. The number of rotatable bonds is 5. The van der Waals surface area contributed by atoms with Crippen LogP contribution in [0.1, 0.15) is 16.8 Å². The third kappa shape index (κ3) is 3.94. The molecule has 0 fully saturated rings. The van der Waals surface area contributed by atoms with Gasteiger partial charge in [0, 0.05) is 17.6 Å². The molecule has 0 saturated carbocycles. The Hall–Kier alpha value is -3.52. The summed E-state index contributed by atoms with van der Waals surface area (Å²) in [6, 6.07) is 10.4. The Bertz CT molecular complexity index is 1300. The molecule has 158 valence electrons. The van der Waals surface area contributed by atoms with Crippen LogP contribution in [0.3, 0.4) is 0 Å². The smallest absolute Gasteiger partial charge is 0.278 e. The minimum Gasteiger partial charge on any atom is -0.505 e. The molecule has 2 heterocycles. The molecule has 0 aliphatic rings. The van der Waals surface area contributed by atoms with Crippen molar-refractivity contribution < 1.29 is 9.50 Å². The molecule has 0 spiro atoms. The summed E-state index contributed by atoms with van der Waals surface area (Å²) in [4.78, 5) is 16.6. The minimum absolute atomic E-state index is 0.00957. The number of halogens is 2. The summed E-state index contributed by atoms with van der Waals surface area (Å²) in [5.41, 5.74) is 1.83. The first-order chi connectivity index (χ1) is 14.9. The quantitative estimate of drug-likeness (QED) is 0.513. The maximum atomic E-state index is 14.9. The fourth-order valence-electron chi connectivity index (χ4n) is 3.52. The number of hydrogen-bond acceptors (Lipinski definition) is 5. The summed E-state index contributed by atoms with van der Waals surface area (Å²) in [5.74, 6) is -0.971. The van der Waals surface area contributed by atoms with Crippen molar-refractivity contribution in [2.45, 2.75) is 19.8 Å². The van der Waals surface area contributed by atoms with E-state index in [1.807, 2.05) is 24.3 Å². The number of aromatic hydroxyl groups is 1. The van der Waals surface area contributed by atoms with Crippen LogP contribution in [0.15, 0.2) is 53.8 Å². The van der Waals surface area contributed by atoms with Gasteiger partial charge in [0.25, 0.3) is 5.56 Å². The van der Waals surface area contributed by atoms with Gasteiger partial charge in [-0.1, -0.05) is 23.7 Å². The zero-order valence-corrected chi connectivity index (χ0v) is 17.6. The van der Waals surface area contributed by atoms with Crippen molar-refractivity contribution in [2.75, 3.05) is 0 Å². The lowest BCUT2D eigenvalue weighted by Crippen LogP contribution is -2.23. The van der Waals surface area contributed by atoms with Crippen molar-refractivity contribution in [3.8, 4) is 22.6 Å². The minimum atomic E-state index is -0.626. The van der Waals surface area contributed by atoms with Crippen molar-refractivity contribution in [3.63, 3.8) is 0 Å². The highest BCUT2D eigenvalue weighted by molar-refractivity contribution is 6.31. The van der Waals surface area contributed by atoms with Crippen LogP contribution in [-0.2, 0) is 19.9 Å². The Morgan fingerprint density at radius 2 is 1.84 bits per heavy atom. The van der Waals surface area contributed by atoms with E-state index in [0.29, 0.717) is 23.4 Å². The Labute approximate surface area is 182 Å². The third-order valence-electron chi connectivity index (χ3n) is 5.13. The maximum Gasteiger partial charge on any atom is 0.278 e. The lowest BCUT2D eigenvalue weighted by atomic mass is 9.94. The molecule has 0 saturated heterocycles. The van der Waals surface area contributed by atoms with E-state index in [0.717, 1.165) is 15.9 Å². The van der Waals surface area contributed by atoms with Crippen molar-refractivity contribution >= 4 is 11.6 Å². The molecule has 4 rings (SSSR count). The molecule has 0 aliphatic heterocycles. The van der Waals surface area contributed by atoms with Gasteiger partial charge in [-0.3, -0.25) is 4.79 Å². The Morgan fingerprint density at radius 1 is 1.10 bits per heavy atom. The molecule has 31 heavy (non-hydrogen) atoms. The average Bonchev–Trinajstić information content (AvgIpc) is 3.29. The largest absolute Gasteiger partial charge is 0.505 e. The second-order valence-corrected chi connectivity index (χ2v) is 7.53. The van der Waals surface area contributed by atoms with E-state index in [9.17, 15) is 14.3 Å². The van der Waals surface area contributed by atoms with Crippen LogP contribution in [-0.4, -0.2) is 29.7 Å². The predicted octanol–water partition coefficient (Wildman–Crippen LogP) is 3.62. The van der Waals surface area contributed by atoms with Gasteiger partial charge in [-0.2, -0.15) is 10.2 Å². The number of aryl methyl sites for hydroxylation is 3. The number of aromatic nitrogens is 5. The van der Waals surface area contributed by atoms with Crippen LogP contribution in [0.5, 0.6) is 5.75 Å². The summed E-state index contributed by atoms with van der Waals surface area (Å²) >= 11 is 6.40. The highest BCUT2D eigenvalue weighted by atomic mass is 35.5. The van der Waals surface area contributed by atoms with Gasteiger partial charge >= 0.3 is 0 Å². The van der Waals surface area contributed by atoms with Crippen molar-refractivity contribution in [1.29, 1.82) is 0 Å². The summed E-state index contributed by atoms with van der Waals surface area (Å²) in [5, 5.41) is 18.9. The fourth-order valence-corrected chi connectivity index (χ4v) is 3.77. The van der Waals surface area contributed by atoms with Crippen molar-refractivity contribution in [3.05, 3.63) is 87.1 Å². The highest BCUT2D eigenvalue weighted by Crippen LogP contribution is 2.36. The second-order valence-electron chi connectivity index (χ2n) is 7.13. The van der Waals surface area contributed by atoms with E-state index in [1.165, 1.54) is 25.5 Å². The van der Waals surface area contributed by atoms with Crippen LogP contribution >= 0.6 is 11.6 Å². The molecular formula is C22H19ClFN5O2. The standard InChI is InChI=1S/C22H19ClFN5O2/c1-13-21(30)20(22(31)28(2)27-13)19-16(17(23)9-10-18(19)24)8-5-14-3-6-15(7-4-14)29-12-25-11-26-29/h3-4,6-7,9-12,30H,5,8H2,1-2H3. The van der Waals surface area contributed by atoms with Crippen LogP contribution < -0.4 is 5.56 Å². The SMILES string of the molecule is Cc1nn(C)c(=O)c(-c2c(F)ccc(Cl)c2CCc2ccc(-n3cncn3)cc2)c1O. The molecule has 4 aromatic rings. The molecule has 7 nitrogen and oxygen atoms in total. The molecule has 0 amide bonds. The highest BCUT2D eigenvalue weighted by Gasteiger charge is 2.23. The second kappa shape index (κ2) is 8.31. The average molecular weight is 440 g/mol. The molecule has 0 aliphatic carbocycles. The molecule has 1 N–H and O–H groups in total. The molecule has 0 radical (unpaired) electrons. The first kappa shape index (κ1) is 20.7. The summed E-state index contributed by atoms with van der Waals surface area (Å²) in [6.45, 7) is 1.55. The van der Waals surface area contributed by atoms with Crippen LogP contribution in [0.4, 0.5) is 4.39 Å². The van der Waals surface area contributed by atoms with Gasteiger partial charge in [0.05, 0.1) is 11.3 Å². The Morgan fingerprint density at radius 3 is 2.52 bits per heavy atom. The van der Waals surface area contributed by atoms with E-state index in [4.69, 9.17) is 11.6 Å². The molecule has 2 aromatic heterocycles. The van der Waals surface area contributed by atoms with Gasteiger partial charge in [-0.15, -0.1) is 0 Å². The molecular weight excluding hydrogens is 421 g/mol. The predicted molar refractivity (Wildman–Crippen MR) is 115 cm³/mol. The van der Waals surface area contributed by atoms with E-state index in [1.54, 1.807) is 17.9 Å². The molecule has 0 bridgehead atoms. The van der Waals surface area contributed by atoms with Crippen molar-refractivity contribution in [1.82, 2.24) is 24.5 Å². The maximum absolute atomic E-state index is 14.9. The lowest BCUT2D eigenvalue weighted by Gasteiger charge is -2.15. The number of hydrogen-bond donors (Lipinski definition) is 1. The normalized spacial score (nSPS) is 11.1. The van der Waals surface area contributed by atoms with E-state index < -0.39 is 11.4 Å². The molecule has 0 unspecified atom stereocenters. The lowest BCUT2D eigenvalue weighted by molar-refractivity contribution is 0.460. The summed E-state index contributed by atoms with van der Waals surface area (Å²) in [7, 11) is 1.46. The van der Waals surface area contributed by atoms with Crippen LogP contribution in [0.2, 0.25) is 5.02 Å². The van der Waals surface area contributed by atoms with Gasteiger partial charge in [0.2, 0.25) is 0 Å². The van der Waals surface area contributed by atoms with Gasteiger partial charge in [0.15, 0.2) is 5.75 Å². The first-order valence-corrected chi connectivity index (χ1v) is 9.92. The van der Waals surface area contributed by atoms with E-state index in [-0.39, 0.29) is 22.6 Å². The summed E-state index contributed by atoms with van der Waals surface area (Å²) < 4.78 is 17.7. The van der Waals surface area contributed by atoms with Gasteiger partial charge in [-0.25, -0.2) is 18.7 Å². The topological polar surface area (TPSA) is 85.8 Å². The first-order valence-electron chi connectivity index (χ1n) is 9.55. The van der Waals surface area contributed by atoms with Crippen LogP contribution in [0, 0.1) is 12.7 Å². The molecule has 2 aromatic carbocycles. The Balaban J connectivity index is 1.71. The van der Waals surface area contributed by atoms with Gasteiger partial charge in [-0.05, 0) is 55.2 Å². The molecule has 0 atom stereocenters. The summed E-state index contributed by atoms with van der Waals surface area (Å²) in [6.07, 6.45) is 4.00. The zero-order valence-electron chi connectivity index (χ0n) is 16.9. The van der Waals surface area contributed by atoms with E-state index >= 15 is 0 Å². The van der Waals surface area contributed by atoms with E-state index in [2.05, 4.69) is 15.2 Å². The number of benzene rings is 2.